The van der Waals surface area contributed by atoms with Crippen molar-refractivity contribution in [2.75, 3.05) is 0 Å². The summed E-state index contributed by atoms with van der Waals surface area (Å²) in [6, 6.07) is 1.26. The van der Waals surface area contributed by atoms with Gasteiger partial charge in [0.1, 0.15) is 0 Å². The van der Waals surface area contributed by atoms with Crippen LogP contribution in [0.5, 0.6) is 0 Å². The van der Waals surface area contributed by atoms with Crippen molar-refractivity contribution in [3.63, 3.8) is 0 Å². The number of pyridine rings is 1. The second-order valence-corrected chi connectivity index (χ2v) is 2.79. The molecule has 2 aromatic heterocycles. The first-order chi connectivity index (χ1) is 6.58. The average molecular weight is 194 g/mol. The number of hydrogen-bond acceptors (Lipinski definition) is 4. The summed E-state index contributed by atoms with van der Waals surface area (Å²) in [6.07, 6.45) is 0. The van der Waals surface area contributed by atoms with Gasteiger partial charge in [0.2, 0.25) is 0 Å². The zero-order valence-electron chi connectivity index (χ0n) is 7.20. The minimum Gasteiger partial charge on any atom is -0.477 e. The molecular formula is C8H6N2O4. The third-order valence-electron chi connectivity index (χ3n) is 1.79. The molecule has 2 heterocycles. The summed E-state index contributed by atoms with van der Waals surface area (Å²) >= 11 is 0. The minimum absolute atomic E-state index is 0.118. The number of hydrogen-bond donors (Lipinski definition) is 2. The number of H-pyrrole nitrogens is 1. The van der Waals surface area contributed by atoms with Crippen LogP contribution < -0.4 is 5.76 Å². The highest BCUT2D eigenvalue weighted by atomic mass is 16.4. The Kier molecular flexibility index (Phi) is 1.63. The fourth-order valence-electron chi connectivity index (χ4n) is 1.22. The van der Waals surface area contributed by atoms with Gasteiger partial charge in [-0.1, -0.05) is 0 Å². The highest BCUT2D eigenvalue weighted by Gasteiger charge is 2.11. The Morgan fingerprint density at radius 2 is 2.36 bits per heavy atom. The van der Waals surface area contributed by atoms with E-state index in [1.807, 2.05) is 0 Å². The molecule has 14 heavy (non-hydrogen) atoms. The molecular weight excluding hydrogens is 188 g/mol. The lowest BCUT2D eigenvalue weighted by molar-refractivity contribution is 0.0690. The van der Waals surface area contributed by atoms with Gasteiger partial charge in [-0.25, -0.2) is 14.6 Å². The summed E-state index contributed by atoms with van der Waals surface area (Å²) in [5, 5.41) is 8.69. The Bertz CT molecular complexity index is 566. The Morgan fingerprint density at radius 3 is 3.00 bits per heavy atom. The topological polar surface area (TPSA) is 96.2 Å². The zero-order valence-corrected chi connectivity index (χ0v) is 7.20. The SMILES string of the molecule is Cc1nc(C(=O)O)cc2[nH]c(=O)oc12. The van der Waals surface area contributed by atoms with Gasteiger partial charge in [-0.15, -0.1) is 0 Å². The van der Waals surface area contributed by atoms with E-state index in [9.17, 15) is 9.59 Å². The number of carboxylic acid groups (broad SMARTS) is 1. The molecule has 0 aliphatic rings. The number of nitrogens with zero attached hydrogens (tertiary/aromatic N) is 1. The lowest BCUT2D eigenvalue weighted by atomic mass is 10.3. The first-order valence-corrected chi connectivity index (χ1v) is 3.81. The van der Waals surface area contributed by atoms with E-state index < -0.39 is 11.7 Å². The summed E-state index contributed by atoms with van der Waals surface area (Å²) in [6.45, 7) is 1.57. The van der Waals surface area contributed by atoms with E-state index in [1.54, 1.807) is 6.92 Å². The number of nitrogens with one attached hydrogen (secondary N) is 1. The van der Waals surface area contributed by atoms with Gasteiger partial charge in [0.25, 0.3) is 0 Å². The number of aromatic nitrogens is 2. The summed E-state index contributed by atoms with van der Waals surface area (Å²) < 4.78 is 4.77. The quantitative estimate of drug-likeness (QED) is 0.689. The predicted molar refractivity (Wildman–Crippen MR) is 46.3 cm³/mol. The molecule has 2 rings (SSSR count). The monoisotopic (exact) mass is 194 g/mol. The van der Waals surface area contributed by atoms with Crippen LogP contribution in [0.1, 0.15) is 16.2 Å². The molecule has 72 valence electrons. The molecule has 6 nitrogen and oxygen atoms in total. The van der Waals surface area contributed by atoms with Crippen molar-refractivity contribution in [3.05, 3.63) is 28.0 Å². The number of carboxylic acids is 1. The van der Waals surface area contributed by atoms with Crippen LogP contribution in [-0.2, 0) is 0 Å². The molecule has 0 amide bonds. The highest BCUT2D eigenvalue weighted by molar-refractivity contribution is 5.89. The van der Waals surface area contributed by atoms with Gasteiger partial charge in [-0.2, -0.15) is 0 Å². The maximum atomic E-state index is 10.8. The van der Waals surface area contributed by atoms with Gasteiger partial charge in [0.15, 0.2) is 11.3 Å². The van der Waals surface area contributed by atoms with Crippen LogP contribution in [0.25, 0.3) is 11.1 Å². The molecule has 0 unspecified atom stereocenters. The first kappa shape index (κ1) is 8.49. The Hall–Kier alpha value is -2.11. The molecule has 2 N–H and O–H groups in total. The maximum Gasteiger partial charge on any atom is 0.417 e. The molecule has 2 aromatic rings. The number of oxazole rings is 1. The van der Waals surface area contributed by atoms with Crippen LogP contribution in [-0.4, -0.2) is 21.0 Å². The van der Waals surface area contributed by atoms with Gasteiger partial charge in [0, 0.05) is 0 Å². The molecule has 0 saturated heterocycles. The zero-order chi connectivity index (χ0) is 10.3. The van der Waals surface area contributed by atoms with Crippen molar-refractivity contribution in [2.45, 2.75) is 6.92 Å². The van der Waals surface area contributed by atoms with E-state index in [2.05, 4.69) is 9.97 Å². The normalized spacial score (nSPS) is 10.6. The largest absolute Gasteiger partial charge is 0.477 e. The van der Waals surface area contributed by atoms with Crippen molar-refractivity contribution in [3.8, 4) is 0 Å². The standard InChI is InChI=1S/C8H6N2O4/c1-3-6-4(10-8(13)14-6)2-5(9-3)7(11)12/h2H,1H3,(H,10,13)(H,11,12). The third-order valence-corrected chi connectivity index (χ3v) is 1.79. The maximum absolute atomic E-state index is 10.8. The van der Waals surface area contributed by atoms with E-state index in [0.717, 1.165) is 0 Å². The molecule has 0 bridgehead atoms. The van der Waals surface area contributed by atoms with Gasteiger partial charge >= 0.3 is 11.7 Å². The van der Waals surface area contributed by atoms with Crippen molar-refractivity contribution in [1.82, 2.24) is 9.97 Å². The summed E-state index contributed by atoms with van der Waals surface area (Å²) in [5.74, 6) is -1.76. The number of carbonyl (C=O) groups is 1. The second-order valence-electron chi connectivity index (χ2n) is 2.79. The third kappa shape index (κ3) is 1.17. The van der Waals surface area contributed by atoms with E-state index in [0.29, 0.717) is 16.8 Å². The fraction of sp³-hybridized carbons (Fsp3) is 0.125. The van der Waals surface area contributed by atoms with E-state index >= 15 is 0 Å². The second kappa shape index (κ2) is 2.69. The van der Waals surface area contributed by atoms with Crippen molar-refractivity contribution in [2.24, 2.45) is 0 Å². The number of rotatable bonds is 1. The number of fused-ring (bicyclic) bond motifs is 1. The van der Waals surface area contributed by atoms with Crippen molar-refractivity contribution in [1.29, 1.82) is 0 Å². The van der Waals surface area contributed by atoms with E-state index in [1.165, 1.54) is 6.07 Å². The Morgan fingerprint density at radius 1 is 1.64 bits per heavy atom. The van der Waals surface area contributed by atoms with E-state index in [-0.39, 0.29) is 5.69 Å². The Labute approximate surface area is 77.2 Å². The van der Waals surface area contributed by atoms with Crippen LogP contribution in [0, 0.1) is 6.92 Å². The van der Waals surface area contributed by atoms with Crippen LogP contribution in [0.4, 0.5) is 0 Å². The lowest BCUT2D eigenvalue weighted by Crippen LogP contribution is -2.01. The van der Waals surface area contributed by atoms with Crippen LogP contribution >= 0.6 is 0 Å². The van der Waals surface area contributed by atoms with Crippen LogP contribution in [0.2, 0.25) is 0 Å². The number of aryl methyl sites for hydroxylation is 1. The fourth-order valence-corrected chi connectivity index (χ4v) is 1.22. The summed E-state index contributed by atoms with van der Waals surface area (Å²) in [7, 11) is 0. The van der Waals surface area contributed by atoms with Gasteiger partial charge in [-0.3, -0.25) is 4.98 Å². The van der Waals surface area contributed by atoms with E-state index in [4.69, 9.17) is 9.52 Å². The molecule has 6 heteroatoms. The molecule has 0 fully saturated rings. The summed E-state index contributed by atoms with van der Waals surface area (Å²) in [4.78, 5) is 27.6. The van der Waals surface area contributed by atoms with Crippen molar-refractivity contribution < 1.29 is 14.3 Å². The molecule has 0 saturated carbocycles. The van der Waals surface area contributed by atoms with Gasteiger partial charge in [0.05, 0.1) is 11.2 Å². The molecule has 0 aliphatic heterocycles. The molecule has 0 aromatic carbocycles. The molecule has 0 radical (unpaired) electrons. The summed E-state index contributed by atoms with van der Waals surface area (Å²) in [5.41, 5.74) is 0.894. The molecule has 0 aliphatic carbocycles. The minimum atomic E-state index is -1.14. The smallest absolute Gasteiger partial charge is 0.417 e. The Balaban J connectivity index is 2.84. The first-order valence-electron chi connectivity index (χ1n) is 3.81. The van der Waals surface area contributed by atoms with Crippen molar-refractivity contribution >= 4 is 17.1 Å². The molecule has 0 atom stereocenters. The average Bonchev–Trinajstić information content (AvgIpc) is 2.45. The van der Waals surface area contributed by atoms with Crippen LogP contribution in [0.15, 0.2) is 15.3 Å². The number of aromatic amines is 1. The molecule has 0 spiro atoms. The number of aromatic carboxylic acids is 1. The van der Waals surface area contributed by atoms with Gasteiger partial charge < -0.3 is 9.52 Å². The van der Waals surface area contributed by atoms with Gasteiger partial charge in [-0.05, 0) is 13.0 Å². The highest BCUT2D eigenvalue weighted by Crippen LogP contribution is 2.14. The lowest BCUT2D eigenvalue weighted by Gasteiger charge is -1.95. The van der Waals surface area contributed by atoms with Crippen LogP contribution in [0.3, 0.4) is 0 Å². The predicted octanol–water partition coefficient (Wildman–Crippen LogP) is 0.523.